The summed E-state index contributed by atoms with van der Waals surface area (Å²) in [5.41, 5.74) is 0.153. The number of hydrogen-bond donors (Lipinski definition) is 1. The van der Waals surface area contributed by atoms with Crippen LogP contribution in [-0.2, 0) is 20.9 Å². The lowest BCUT2D eigenvalue weighted by molar-refractivity contribution is -0.156. The third-order valence-electron chi connectivity index (χ3n) is 3.39. The first-order chi connectivity index (χ1) is 11.9. The lowest BCUT2D eigenvalue weighted by Crippen LogP contribution is -2.47. The van der Waals surface area contributed by atoms with E-state index in [1.165, 1.54) is 11.8 Å². The van der Waals surface area contributed by atoms with Gasteiger partial charge in [0.1, 0.15) is 5.60 Å². The van der Waals surface area contributed by atoms with Gasteiger partial charge in [-0.2, -0.15) is 0 Å². The second kappa shape index (κ2) is 9.12. The largest absolute Gasteiger partial charge is 0.460 e. The molecule has 1 heterocycles. The van der Waals surface area contributed by atoms with Gasteiger partial charge < -0.3 is 15.0 Å². The SMILES string of the molecule is CC(=O)[C@H](CC(=O)OC(C)(C)C)NC(=O)N(C)Cc1csc(C(C)C)n1. The number of hydrogen-bond acceptors (Lipinski definition) is 6. The fraction of sp³-hybridized carbons (Fsp3) is 0.667. The predicted molar refractivity (Wildman–Crippen MR) is 101 cm³/mol. The van der Waals surface area contributed by atoms with Crippen LogP contribution in [0, 0.1) is 0 Å². The van der Waals surface area contributed by atoms with E-state index in [1.54, 1.807) is 39.2 Å². The number of urea groups is 1. The molecule has 1 atom stereocenters. The number of carbonyl (C=O) groups is 3. The lowest BCUT2D eigenvalue weighted by Gasteiger charge is -2.23. The number of ether oxygens (including phenoxy) is 1. The van der Waals surface area contributed by atoms with Crippen molar-refractivity contribution >= 4 is 29.1 Å². The third-order valence-corrected chi connectivity index (χ3v) is 4.58. The van der Waals surface area contributed by atoms with Crippen LogP contribution in [0.3, 0.4) is 0 Å². The van der Waals surface area contributed by atoms with Crippen LogP contribution in [0.5, 0.6) is 0 Å². The molecule has 0 saturated heterocycles. The van der Waals surface area contributed by atoms with Crippen LogP contribution in [0.25, 0.3) is 0 Å². The van der Waals surface area contributed by atoms with E-state index >= 15 is 0 Å². The van der Waals surface area contributed by atoms with Crippen molar-refractivity contribution in [3.63, 3.8) is 0 Å². The Morgan fingerprint density at radius 3 is 2.38 bits per heavy atom. The van der Waals surface area contributed by atoms with E-state index in [2.05, 4.69) is 24.1 Å². The van der Waals surface area contributed by atoms with Crippen LogP contribution >= 0.6 is 11.3 Å². The van der Waals surface area contributed by atoms with Gasteiger partial charge in [0.15, 0.2) is 5.78 Å². The molecule has 0 saturated carbocycles. The maximum absolute atomic E-state index is 12.4. The molecule has 0 aliphatic heterocycles. The summed E-state index contributed by atoms with van der Waals surface area (Å²) >= 11 is 1.56. The number of carbonyl (C=O) groups excluding carboxylic acids is 3. The van der Waals surface area contributed by atoms with Gasteiger partial charge in [-0.15, -0.1) is 11.3 Å². The lowest BCUT2D eigenvalue weighted by atomic mass is 10.1. The zero-order chi connectivity index (χ0) is 20.1. The average molecular weight is 384 g/mol. The van der Waals surface area contributed by atoms with Crippen LogP contribution in [-0.4, -0.2) is 46.4 Å². The van der Waals surface area contributed by atoms with Crippen LogP contribution < -0.4 is 5.32 Å². The Kier molecular flexibility index (Phi) is 7.74. The van der Waals surface area contributed by atoms with Gasteiger partial charge in [0.2, 0.25) is 0 Å². The number of amides is 2. The zero-order valence-corrected chi connectivity index (χ0v) is 17.4. The highest BCUT2D eigenvalue weighted by Gasteiger charge is 2.25. The molecular weight excluding hydrogens is 354 g/mol. The van der Waals surface area contributed by atoms with Crippen molar-refractivity contribution in [2.24, 2.45) is 0 Å². The van der Waals surface area contributed by atoms with Crippen molar-refractivity contribution in [1.29, 1.82) is 0 Å². The molecule has 146 valence electrons. The normalized spacial score (nSPS) is 12.6. The molecular formula is C18H29N3O4S. The number of nitrogens with one attached hydrogen (secondary N) is 1. The Morgan fingerprint density at radius 1 is 1.31 bits per heavy atom. The van der Waals surface area contributed by atoms with Crippen molar-refractivity contribution < 1.29 is 19.1 Å². The Bertz CT molecular complexity index is 649. The topological polar surface area (TPSA) is 88.6 Å². The van der Waals surface area contributed by atoms with Crippen LogP contribution in [0.1, 0.15) is 64.6 Å². The Morgan fingerprint density at radius 2 is 1.92 bits per heavy atom. The highest BCUT2D eigenvalue weighted by atomic mass is 32.1. The number of rotatable bonds is 7. The fourth-order valence-electron chi connectivity index (χ4n) is 2.08. The van der Waals surface area contributed by atoms with Gasteiger partial charge >= 0.3 is 12.0 Å². The molecule has 1 aromatic rings. The monoisotopic (exact) mass is 383 g/mol. The first-order valence-corrected chi connectivity index (χ1v) is 9.45. The molecule has 1 N–H and O–H groups in total. The Labute approximate surface area is 159 Å². The average Bonchev–Trinajstić information content (AvgIpc) is 2.92. The molecule has 1 rings (SSSR count). The highest BCUT2D eigenvalue weighted by molar-refractivity contribution is 7.09. The van der Waals surface area contributed by atoms with E-state index in [1.807, 2.05) is 5.38 Å². The van der Waals surface area contributed by atoms with Gasteiger partial charge in [0.25, 0.3) is 0 Å². The second-order valence-electron chi connectivity index (χ2n) is 7.59. The highest BCUT2D eigenvalue weighted by Crippen LogP contribution is 2.19. The van der Waals surface area contributed by atoms with Crippen LogP contribution in [0.4, 0.5) is 4.79 Å². The van der Waals surface area contributed by atoms with Crippen molar-refractivity contribution in [1.82, 2.24) is 15.2 Å². The van der Waals surface area contributed by atoms with Gasteiger partial charge in [-0.25, -0.2) is 9.78 Å². The summed E-state index contributed by atoms with van der Waals surface area (Å²) in [6.07, 6.45) is -0.194. The minimum Gasteiger partial charge on any atom is -0.460 e. The molecule has 0 aliphatic rings. The maximum Gasteiger partial charge on any atom is 0.318 e. The van der Waals surface area contributed by atoms with Gasteiger partial charge in [-0.1, -0.05) is 13.8 Å². The van der Waals surface area contributed by atoms with Gasteiger partial charge in [0.05, 0.1) is 29.7 Å². The maximum atomic E-state index is 12.4. The molecule has 8 heteroatoms. The number of ketones is 1. The number of thiazole rings is 1. The predicted octanol–water partition coefficient (Wildman–Crippen LogP) is 3.10. The summed E-state index contributed by atoms with van der Waals surface area (Å²) in [5.74, 6) is -0.487. The van der Waals surface area contributed by atoms with Gasteiger partial charge in [-0.05, 0) is 27.7 Å². The van der Waals surface area contributed by atoms with E-state index in [9.17, 15) is 14.4 Å². The van der Waals surface area contributed by atoms with Crippen molar-refractivity contribution in [2.45, 2.75) is 72.1 Å². The fourth-order valence-corrected chi connectivity index (χ4v) is 2.91. The standard InChI is InChI=1S/C18H29N3O4S/c1-11(2)16-19-13(10-26-16)9-21(7)17(24)20-14(12(3)22)8-15(23)25-18(4,5)6/h10-11,14H,8-9H2,1-7H3,(H,20,24)/t14-/m0/s1. The second-order valence-corrected chi connectivity index (χ2v) is 8.48. The molecule has 0 aliphatic carbocycles. The van der Waals surface area contributed by atoms with Crippen LogP contribution in [0.2, 0.25) is 0 Å². The molecule has 0 unspecified atom stereocenters. The molecule has 26 heavy (non-hydrogen) atoms. The minimum absolute atomic E-state index is 0.194. The third kappa shape index (κ3) is 7.51. The van der Waals surface area contributed by atoms with E-state index in [-0.39, 0.29) is 12.2 Å². The molecule has 0 radical (unpaired) electrons. The molecule has 1 aromatic heterocycles. The van der Waals surface area contributed by atoms with E-state index in [0.29, 0.717) is 12.5 Å². The smallest absolute Gasteiger partial charge is 0.318 e. The Hall–Kier alpha value is -1.96. The van der Waals surface area contributed by atoms with E-state index in [0.717, 1.165) is 10.7 Å². The molecule has 0 aromatic carbocycles. The number of nitrogens with zero attached hydrogens (tertiary/aromatic N) is 2. The molecule has 7 nitrogen and oxygen atoms in total. The molecule has 0 spiro atoms. The molecule has 0 bridgehead atoms. The van der Waals surface area contributed by atoms with Gasteiger partial charge in [-0.3, -0.25) is 9.59 Å². The number of aromatic nitrogens is 1. The minimum atomic E-state index is -0.915. The number of Topliss-reactive ketones (excluding diaryl/α,β-unsaturated/α-hetero) is 1. The quantitative estimate of drug-likeness (QED) is 0.731. The van der Waals surface area contributed by atoms with Crippen molar-refractivity contribution in [3.8, 4) is 0 Å². The zero-order valence-electron chi connectivity index (χ0n) is 16.6. The summed E-state index contributed by atoms with van der Waals surface area (Å²) in [6.45, 7) is 11.0. The first kappa shape index (κ1) is 22.1. The summed E-state index contributed by atoms with van der Waals surface area (Å²) in [6, 6.07) is -1.35. The molecule has 0 fully saturated rings. The van der Waals surface area contributed by atoms with Crippen LogP contribution in [0.15, 0.2) is 5.38 Å². The summed E-state index contributed by atoms with van der Waals surface area (Å²) in [7, 11) is 1.62. The molecule has 2 amide bonds. The first-order valence-electron chi connectivity index (χ1n) is 8.57. The van der Waals surface area contributed by atoms with E-state index in [4.69, 9.17) is 4.74 Å². The van der Waals surface area contributed by atoms with Gasteiger partial charge in [0, 0.05) is 18.3 Å². The van der Waals surface area contributed by atoms with Crippen molar-refractivity contribution in [2.75, 3.05) is 7.05 Å². The summed E-state index contributed by atoms with van der Waals surface area (Å²) in [4.78, 5) is 42.0. The Balaban J connectivity index is 2.65. The summed E-state index contributed by atoms with van der Waals surface area (Å²) < 4.78 is 5.22. The summed E-state index contributed by atoms with van der Waals surface area (Å²) in [5, 5.41) is 5.53. The van der Waals surface area contributed by atoms with Crippen molar-refractivity contribution in [3.05, 3.63) is 16.1 Å². The number of esters is 1. The van der Waals surface area contributed by atoms with E-state index < -0.39 is 23.6 Å².